The molecule has 0 radical (unpaired) electrons. The average Bonchev–Trinajstić information content (AvgIpc) is 2.53. The molecule has 3 unspecified atom stereocenters. The van der Waals surface area contributed by atoms with Gasteiger partial charge in [-0.1, -0.05) is 19.8 Å². The summed E-state index contributed by atoms with van der Waals surface area (Å²) in [7, 11) is 0. The van der Waals surface area contributed by atoms with Crippen LogP contribution in [0.1, 0.15) is 46.0 Å². The van der Waals surface area contributed by atoms with Gasteiger partial charge in [0.1, 0.15) is 17.7 Å². The highest BCUT2D eigenvalue weighted by atomic mass is 19.1. The van der Waals surface area contributed by atoms with Gasteiger partial charge in [-0.2, -0.15) is 0 Å². The van der Waals surface area contributed by atoms with Crippen LogP contribution in [-0.4, -0.2) is 42.3 Å². The zero-order valence-corrected chi connectivity index (χ0v) is 14.2. The summed E-state index contributed by atoms with van der Waals surface area (Å²) in [5.41, 5.74) is 0. The molecular formula is C19H28FNO2. The lowest BCUT2D eigenvalue weighted by Crippen LogP contribution is -2.61. The van der Waals surface area contributed by atoms with E-state index < -0.39 is 0 Å². The maximum Gasteiger partial charge on any atom is 0.124 e. The maximum absolute atomic E-state index is 12.9. The van der Waals surface area contributed by atoms with E-state index in [9.17, 15) is 4.39 Å². The van der Waals surface area contributed by atoms with Crippen molar-refractivity contribution in [1.82, 2.24) is 4.90 Å². The minimum atomic E-state index is -0.222. The monoisotopic (exact) mass is 321 g/mol. The van der Waals surface area contributed by atoms with Crippen molar-refractivity contribution in [2.75, 3.05) is 13.1 Å². The van der Waals surface area contributed by atoms with Crippen molar-refractivity contribution in [3.63, 3.8) is 0 Å². The van der Waals surface area contributed by atoms with Gasteiger partial charge < -0.3 is 9.47 Å². The smallest absolute Gasteiger partial charge is 0.124 e. The molecule has 3 nitrogen and oxygen atoms in total. The molecule has 2 fully saturated rings. The molecule has 23 heavy (non-hydrogen) atoms. The first-order valence-corrected chi connectivity index (χ1v) is 8.97. The van der Waals surface area contributed by atoms with Crippen LogP contribution in [0, 0.1) is 5.82 Å². The number of hydrogen-bond donors (Lipinski definition) is 0. The van der Waals surface area contributed by atoms with Gasteiger partial charge in [0.25, 0.3) is 0 Å². The first kappa shape index (κ1) is 16.7. The van der Waals surface area contributed by atoms with E-state index in [1.165, 1.54) is 37.8 Å². The van der Waals surface area contributed by atoms with Gasteiger partial charge in [-0.05, 0) is 50.5 Å². The predicted molar refractivity (Wildman–Crippen MR) is 89.3 cm³/mol. The number of likely N-dealkylation sites (tertiary alicyclic amines) is 1. The minimum Gasteiger partial charge on any atom is -0.488 e. The number of ether oxygens (including phenoxy) is 2. The third-order valence-electron chi connectivity index (χ3n) is 5.11. The minimum absolute atomic E-state index is 0.214. The molecule has 4 heteroatoms. The Morgan fingerprint density at radius 2 is 1.87 bits per heavy atom. The molecule has 0 amide bonds. The molecule has 0 bridgehead atoms. The summed E-state index contributed by atoms with van der Waals surface area (Å²) in [4.78, 5) is 2.50. The van der Waals surface area contributed by atoms with Crippen LogP contribution in [0.2, 0.25) is 0 Å². The molecule has 1 aliphatic carbocycles. The van der Waals surface area contributed by atoms with Gasteiger partial charge in [0.15, 0.2) is 0 Å². The van der Waals surface area contributed by atoms with E-state index in [2.05, 4.69) is 18.7 Å². The van der Waals surface area contributed by atoms with Crippen LogP contribution in [0.15, 0.2) is 24.3 Å². The van der Waals surface area contributed by atoms with Gasteiger partial charge >= 0.3 is 0 Å². The standard InChI is InChI=1S/C19H28FNO2/c1-3-14(2)22-19-7-5-4-6-18(19)21-12-17(13-21)23-16-10-8-15(20)9-11-16/h8-11,14,17-19H,3-7,12-13H2,1-2H3. The van der Waals surface area contributed by atoms with Gasteiger partial charge in [0, 0.05) is 19.1 Å². The van der Waals surface area contributed by atoms with Gasteiger partial charge in [-0.25, -0.2) is 4.39 Å². The second-order valence-electron chi connectivity index (χ2n) is 6.89. The molecule has 0 N–H and O–H groups in total. The second-order valence-corrected chi connectivity index (χ2v) is 6.89. The van der Waals surface area contributed by atoms with Gasteiger partial charge in [0.2, 0.25) is 0 Å². The first-order chi connectivity index (χ1) is 11.2. The lowest BCUT2D eigenvalue weighted by molar-refractivity contribution is -0.106. The zero-order valence-electron chi connectivity index (χ0n) is 14.2. The molecule has 1 aliphatic heterocycles. The summed E-state index contributed by atoms with van der Waals surface area (Å²) in [6.45, 7) is 6.24. The van der Waals surface area contributed by atoms with Gasteiger partial charge in [-0.3, -0.25) is 4.90 Å². The normalized spacial score (nSPS) is 27.4. The lowest BCUT2D eigenvalue weighted by atomic mass is 9.89. The molecular weight excluding hydrogens is 293 g/mol. The summed E-state index contributed by atoms with van der Waals surface area (Å²) < 4.78 is 25.1. The third-order valence-corrected chi connectivity index (χ3v) is 5.11. The Morgan fingerprint density at radius 3 is 2.57 bits per heavy atom. The zero-order chi connectivity index (χ0) is 16.2. The summed E-state index contributed by atoms with van der Waals surface area (Å²) in [6, 6.07) is 6.83. The van der Waals surface area contributed by atoms with Crippen molar-refractivity contribution in [1.29, 1.82) is 0 Å². The van der Waals surface area contributed by atoms with Crippen LogP contribution in [0.3, 0.4) is 0 Å². The van der Waals surface area contributed by atoms with Crippen LogP contribution in [0.25, 0.3) is 0 Å². The molecule has 128 valence electrons. The molecule has 1 heterocycles. The Bertz CT molecular complexity index is 487. The number of rotatable bonds is 6. The topological polar surface area (TPSA) is 21.7 Å². The largest absolute Gasteiger partial charge is 0.488 e. The molecule has 1 aromatic carbocycles. The summed E-state index contributed by atoms with van der Waals surface area (Å²) in [5, 5.41) is 0. The second kappa shape index (κ2) is 7.63. The van der Waals surface area contributed by atoms with Crippen molar-refractivity contribution in [2.45, 2.75) is 70.3 Å². The highest BCUT2D eigenvalue weighted by Gasteiger charge is 2.39. The Morgan fingerprint density at radius 1 is 1.17 bits per heavy atom. The molecule has 0 spiro atoms. The van der Waals surface area contributed by atoms with E-state index in [0.717, 1.165) is 25.3 Å². The summed E-state index contributed by atoms with van der Waals surface area (Å²) in [5.74, 6) is 0.534. The quantitative estimate of drug-likeness (QED) is 0.790. The SMILES string of the molecule is CCC(C)OC1CCCCC1N1CC(Oc2ccc(F)cc2)C1. The van der Waals surface area contributed by atoms with Crippen LogP contribution >= 0.6 is 0 Å². The van der Waals surface area contributed by atoms with E-state index in [-0.39, 0.29) is 11.9 Å². The first-order valence-electron chi connectivity index (χ1n) is 8.97. The fourth-order valence-corrected chi connectivity index (χ4v) is 3.57. The van der Waals surface area contributed by atoms with E-state index in [4.69, 9.17) is 9.47 Å². The van der Waals surface area contributed by atoms with Gasteiger partial charge in [-0.15, -0.1) is 0 Å². The maximum atomic E-state index is 12.9. The predicted octanol–water partition coefficient (Wildman–Crippen LogP) is 4.02. The van der Waals surface area contributed by atoms with Crippen LogP contribution < -0.4 is 4.74 Å². The highest BCUT2D eigenvalue weighted by molar-refractivity contribution is 5.22. The lowest BCUT2D eigenvalue weighted by Gasteiger charge is -2.48. The number of halogens is 1. The third kappa shape index (κ3) is 4.24. The number of nitrogens with zero attached hydrogens (tertiary/aromatic N) is 1. The molecule has 0 aromatic heterocycles. The summed E-state index contributed by atoms with van der Waals surface area (Å²) in [6.07, 6.45) is 6.97. The molecule has 1 saturated carbocycles. The molecule has 2 aliphatic rings. The van der Waals surface area contributed by atoms with Crippen molar-refractivity contribution in [2.24, 2.45) is 0 Å². The van der Waals surface area contributed by atoms with Crippen LogP contribution in [-0.2, 0) is 4.74 Å². The van der Waals surface area contributed by atoms with E-state index in [1.807, 2.05) is 0 Å². The van der Waals surface area contributed by atoms with E-state index >= 15 is 0 Å². The molecule has 1 aromatic rings. The fourth-order valence-electron chi connectivity index (χ4n) is 3.57. The van der Waals surface area contributed by atoms with Crippen molar-refractivity contribution in [3.05, 3.63) is 30.1 Å². The van der Waals surface area contributed by atoms with Crippen LogP contribution in [0.4, 0.5) is 4.39 Å². The number of benzene rings is 1. The average molecular weight is 321 g/mol. The molecule has 1 saturated heterocycles. The van der Waals surface area contributed by atoms with Crippen molar-refractivity contribution < 1.29 is 13.9 Å². The van der Waals surface area contributed by atoms with E-state index in [0.29, 0.717) is 18.2 Å². The Hall–Kier alpha value is -1.13. The van der Waals surface area contributed by atoms with Crippen molar-refractivity contribution >= 4 is 0 Å². The van der Waals surface area contributed by atoms with Gasteiger partial charge in [0.05, 0.1) is 12.2 Å². The fraction of sp³-hybridized carbons (Fsp3) is 0.684. The number of hydrogen-bond acceptors (Lipinski definition) is 3. The van der Waals surface area contributed by atoms with Crippen LogP contribution in [0.5, 0.6) is 5.75 Å². The van der Waals surface area contributed by atoms with E-state index in [1.54, 1.807) is 12.1 Å². The molecule has 3 atom stereocenters. The Kier molecular flexibility index (Phi) is 5.54. The summed E-state index contributed by atoms with van der Waals surface area (Å²) >= 11 is 0. The molecule has 3 rings (SSSR count). The van der Waals surface area contributed by atoms with Crippen molar-refractivity contribution in [3.8, 4) is 5.75 Å². The highest BCUT2D eigenvalue weighted by Crippen LogP contribution is 2.31. The Labute approximate surface area is 138 Å². The Balaban J connectivity index is 1.49.